The summed E-state index contributed by atoms with van der Waals surface area (Å²) in [6.07, 6.45) is 1.07. The normalized spacial score (nSPS) is 11.2. The Hall–Kier alpha value is -2.18. The van der Waals surface area contributed by atoms with Crippen molar-refractivity contribution in [1.29, 1.82) is 0 Å². The summed E-state index contributed by atoms with van der Waals surface area (Å²) in [5.74, 6) is 1.62. The summed E-state index contributed by atoms with van der Waals surface area (Å²) in [7, 11) is 2.17. The predicted molar refractivity (Wildman–Crippen MR) is 107 cm³/mol. The molecule has 0 unspecified atom stereocenters. The van der Waals surface area contributed by atoms with E-state index in [2.05, 4.69) is 75.2 Å². The topological polar surface area (TPSA) is 53.1 Å². The molecule has 25 heavy (non-hydrogen) atoms. The molecule has 0 fully saturated rings. The van der Waals surface area contributed by atoms with Crippen LogP contribution in [-0.2, 0) is 6.54 Å². The molecule has 0 saturated carbocycles. The van der Waals surface area contributed by atoms with Crippen LogP contribution in [0.1, 0.15) is 18.9 Å². The number of rotatable bonds is 9. The summed E-state index contributed by atoms with van der Waals surface area (Å²) < 4.78 is 1.12. The summed E-state index contributed by atoms with van der Waals surface area (Å²) in [5.41, 5.74) is 2.35. The van der Waals surface area contributed by atoms with E-state index in [1.54, 1.807) is 11.3 Å². The molecule has 0 spiro atoms. The average molecular weight is 356 g/mol. The lowest BCUT2D eigenvalue weighted by atomic mass is 10.2. The highest BCUT2D eigenvalue weighted by Crippen LogP contribution is 2.27. The van der Waals surface area contributed by atoms with Gasteiger partial charge < -0.3 is 15.5 Å². The van der Waals surface area contributed by atoms with Crippen molar-refractivity contribution < 1.29 is 0 Å². The van der Waals surface area contributed by atoms with Crippen LogP contribution in [0.4, 0.5) is 11.8 Å². The minimum Gasteiger partial charge on any atom is -0.369 e. The Labute approximate surface area is 153 Å². The maximum absolute atomic E-state index is 4.61. The summed E-state index contributed by atoms with van der Waals surface area (Å²) in [5, 5.41) is 8.75. The zero-order chi connectivity index (χ0) is 17.5. The van der Waals surface area contributed by atoms with E-state index in [0.29, 0.717) is 5.95 Å². The molecule has 0 aliphatic carbocycles. The minimum atomic E-state index is 0.692. The number of nitrogens with one attached hydrogen (secondary N) is 2. The zero-order valence-electron chi connectivity index (χ0n) is 14.8. The molecule has 0 aliphatic heterocycles. The first-order valence-electron chi connectivity index (χ1n) is 8.71. The molecule has 6 heteroatoms. The Morgan fingerprint density at radius 1 is 1.08 bits per heavy atom. The van der Waals surface area contributed by atoms with Crippen LogP contribution in [-0.4, -0.2) is 41.5 Å². The summed E-state index contributed by atoms with van der Waals surface area (Å²) >= 11 is 1.68. The Kier molecular flexibility index (Phi) is 6.19. The van der Waals surface area contributed by atoms with E-state index in [1.165, 1.54) is 5.56 Å². The number of benzene rings is 1. The predicted octanol–water partition coefficient (Wildman–Crippen LogP) is 4.06. The number of hydrogen-bond donors (Lipinski definition) is 2. The third-order valence-electron chi connectivity index (χ3n) is 3.94. The Morgan fingerprint density at radius 2 is 1.92 bits per heavy atom. The van der Waals surface area contributed by atoms with Gasteiger partial charge in [-0.15, -0.1) is 11.3 Å². The van der Waals surface area contributed by atoms with Gasteiger partial charge in [0.1, 0.15) is 5.82 Å². The van der Waals surface area contributed by atoms with E-state index in [4.69, 9.17) is 0 Å². The molecular formula is C19H25N5S. The Morgan fingerprint density at radius 3 is 2.72 bits per heavy atom. The zero-order valence-corrected chi connectivity index (χ0v) is 15.6. The molecule has 5 nitrogen and oxygen atoms in total. The third-order valence-corrected chi connectivity index (χ3v) is 4.85. The van der Waals surface area contributed by atoms with Crippen molar-refractivity contribution in [2.24, 2.45) is 0 Å². The molecule has 2 heterocycles. The van der Waals surface area contributed by atoms with Gasteiger partial charge in [0, 0.05) is 19.6 Å². The van der Waals surface area contributed by atoms with Crippen LogP contribution in [0.25, 0.3) is 10.2 Å². The quantitative estimate of drug-likeness (QED) is 0.567. The van der Waals surface area contributed by atoms with Crippen molar-refractivity contribution >= 4 is 33.3 Å². The van der Waals surface area contributed by atoms with Crippen LogP contribution in [0.15, 0.2) is 41.8 Å². The molecule has 0 atom stereocenters. The second-order valence-electron chi connectivity index (χ2n) is 6.06. The molecule has 0 radical (unpaired) electrons. The lowest BCUT2D eigenvalue weighted by molar-refractivity contribution is 0.325. The maximum Gasteiger partial charge on any atom is 0.225 e. The van der Waals surface area contributed by atoms with Gasteiger partial charge in [-0.3, -0.25) is 0 Å². The summed E-state index contributed by atoms with van der Waals surface area (Å²) in [4.78, 5) is 11.5. The van der Waals surface area contributed by atoms with Crippen LogP contribution in [0.5, 0.6) is 0 Å². The molecule has 1 aromatic carbocycles. The highest BCUT2D eigenvalue weighted by atomic mass is 32.1. The van der Waals surface area contributed by atoms with Gasteiger partial charge in [-0.05, 0) is 43.9 Å². The van der Waals surface area contributed by atoms with Gasteiger partial charge in [-0.2, -0.15) is 4.98 Å². The second-order valence-corrected chi connectivity index (χ2v) is 6.98. The average Bonchev–Trinajstić information content (AvgIpc) is 3.08. The molecule has 0 amide bonds. The van der Waals surface area contributed by atoms with E-state index in [9.17, 15) is 0 Å². The number of thiophene rings is 1. The molecule has 3 aromatic rings. The van der Waals surface area contributed by atoms with Crippen molar-refractivity contribution in [3.8, 4) is 0 Å². The van der Waals surface area contributed by atoms with Gasteiger partial charge in [-0.25, -0.2) is 4.98 Å². The number of fused-ring (bicyclic) bond motifs is 1. The highest BCUT2D eigenvalue weighted by molar-refractivity contribution is 7.17. The Bertz CT molecular complexity index is 787. The van der Waals surface area contributed by atoms with Gasteiger partial charge >= 0.3 is 0 Å². The fourth-order valence-electron chi connectivity index (χ4n) is 2.75. The van der Waals surface area contributed by atoms with Crippen LogP contribution >= 0.6 is 11.3 Å². The van der Waals surface area contributed by atoms with Gasteiger partial charge in [0.05, 0.1) is 10.2 Å². The van der Waals surface area contributed by atoms with Crippen molar-refractivity contribution in [2.45, 2.75) is 19.9 Å². The molecule has 132 valence electrons. The van der Waals surface area contributed by atoms with Crippen molar-refractivity contribution in [3.05, 3.63) is 47.3 Å². The number of nitrogens with zero attached hydrogens (tertiary/aromatic N) is 3. The number of aromatic nitrogens is 2. The van der Waals surface area contributed by atoms with Crippen LogP contribution in [0.2, 0.25) is 0 Å². The van der Waals surface area contributed by atoms with Crippen LogP contribution < -0.4 is 10.6 Å². The van der Waals surface area contributed by atoms with E-state index >= 15 is 0 Å². The smallest absolute Gasteiger partial charge is 0.225 e. The first-order chi connectivity index (χ1) is 12.3. The fourth-order valence-corrected chi connectivity index (χ4v) is 3.55. The SMILES string of the molecule is CCNc1nc(NCCCN(C)Cc2ccccc2)c2sccc2n1. The highest BCUT2D eigenvalue weighted by Gasteiger charge is 2.08. The van der Waals surface area contributed by atoms with E-state index in [0.717, 1.165) is 48.6 Å². The second kappa shape index (κ2) is 8.78. The van der Waals surface area contributed by atoms with Crippen molar-refractivity contribution in [2.75, 3.05) is 37.3 Å². The van der Waals surface area contributed by atoms with Crippen LogP contribution in [0.3, 0.4) is 0 Å². The van der Waals surface area contributed by atoms with Crippen LogP contribution in [0, 0.1) is 0 Å². The third kappa shape index (κ3) is 4.90. The van der Waals surface area contributed by atoms with Gasteiger partial charge in [0.25, 0.3) is 0 Å². The monoisotopic (exact) mass is 355 g/mol. The molecule has 2 aromatic heterocycles. The van der Waals surface area contributed by atoms with Gasteiger partial charge in [-0.1, -0.05) is 30.3 Å². The maximum atomic E-state index is 4.61. The lowest BCUT2D eigenvalue weighted by Gasteiger charge is -2.17. The molecule has 0 aliphatic rings. The molecule has 0 saturated heterocycles. The molecular weight excluding hydrogens is 330 g/mol. The largest absolute Gasteiger partial charge is 0.369 e. The van der Waals surface area contributed by atoms with Crippen molar-refractivity contribution in [1.82, 2.24) is 14.9 Å². The Balaban J connectivity index is 1.51. The number of anilines is 2. The van der Waals surface area contributed by atoms with E-state index in [1.807, 2.05) is 6.07 Å². The van der Waals surface area contributed by atoms with Gasteiger partial charge in [0.2, 0.25) is 5.95 Å². The first kappa shape index (κ1) is 17.6. The minimum absolute atomic E-state index is 0.692. The van der Waals surface area contributed by atoms with Crippen molar-refractivity contribution in [3.63, 3.8) is 0 Å². The van der Waals surface area contributed by atoms with Gasteiger partial charge in [0.15, 0.2) is 0 Å². The standard InChI is InChI=1S/C19H25N5S/c1-3-20-19-22-16-10-13-25-17(16)18(23-19)21-11-7-12-24(2)14-15-8-5-4-6-9-15/h4-6,8-10,13H,3,7,11-12,14H2,1-2H3,(H2,20,21,22,23). The molecule has 0 bridgehead atoms. The molecule has 2 N–H and O–H groups in total. The molecule has 3 rings (SSSR count). The summed E-state index contributed by atoms with van der Waals surface area (Å²) in [6, 6.07) is 12.6. The van der Waals surface area contributed by atoms with E-state index in [-0.39, 0.29) is 0 Å². The lowest BCUT2D eigenvalue weighted by Crippen LogP contribution is -2.21. The number of hydrogen-bond acceptors (Lipinski definition) is 6. The van der Waals surface area contributed by atoms with E-state index < -0.39 is 0 Å². The fraction of sp³-hybridized carbons (Fsp3) is 0.368. The first-order valence-corrected chi connectivity index (χ1v) is 9.59. The summed E-state index contributed by atoms with van der Waals surface area (Å²) in [6.45, 7) is 5.79.